The number of carbonyl (C=O) groups excluding carboxylic acids is 2. The summed E-state index contributed by atoms with van der Waals surface area (Å²) in [5, 5.41) is 0. The van der Waals surface area contributed by atoms with E-state index in [1.54, 1.807) is 0 Å². The highest BCUT2D eigenvalue weighted by atomic mass is 16.5. The normalized spacial score (nSPS) is 12.0. The van der Waals surface area contributed by atoms with E-state index in [1.165, 1.54) is 32.1 Å². The summed E-state index contributed by atoms with van der Waals surface area (Å²) in [6.45, 7) is 7.24. The highest BCUT2D eigenvalue weighted by Gasteiger charge is 2.23. The van der Waals surface area contributed by atoms with Gasteiger partial charge in [0.05, 0.1) is 25.6 Å². The Balaban J connectivity index is 4.18. The second-order valence-corrected chi connectivity index (χ2v) is 6.91. The smallest absolute Gasteiger partial charge is 0.309 e. The van der Waals surface area contributed by atoms with Crippen molar-refractivity contribution < 1.29 is 19.1 Å². The molecule has 148 valence electrons. The summed E-state index contributed by atoms with van der Waals surface area (Å²) in [4.78, 5) is 24.2. The summed E-state index contributed by atoms with van der Waals surface area (Å²) in [7, 11) is 0. The third-order valence-electron chi connectivity index (χ3n) is 4.41. The van der Waals surface area contributed by atoms with Gasteiger partial charge in [-0.1, -0.05) is 78.6 Å². The lowest BCUT2D eigenvalue weighted by Gasteiger charge is -2.15. The Kier molecular flexibility index (Phi) is 17.0. The third-order valence-corrected chi connectivity index (χ3v) is 4.41. The van der Waals surface area contributed by atoms with Crippen molar-refractivity contribution in [1.29, 1.82) is 0 Å². The van der Waals surface area contributed by atoms with Gasteiger partial charge in [0.2, 0.25) is 0 Å². The largest absolute Gasteiger partial charge is 0.466 e. The number of carbonyl (C=O) groups is 2. The molecule has 0 aromatic rings. The summed E-state index contributed by atoms with van der Waals surface area (Å²) in [6, 6.07) is 0. The summed E-state index contributed by atoms with van der Waals surface area (Å²) >= 11 is 0. The van der Waals surface area contributed by atoms with Crippen molar-refractivity contribution in [3.05, 3.63) is 0 Å². The fourth-order valence-electron chi connectivity index (χ4n) is 2.68. The molecule has 25 heavy (non-hydrogen) atoms. The van der Waals surface area contributed by atoms with Crippen LogP contribution in [-0.2, 0) is 19.1 Å². The van der Waals surface area contributed by atoms with Gasteiger partial charge in [0.1, 0.15) is 0 Å². The van der Waals surface area contributed by atoms with E-state index in [4.69, 9.17) is 9.47 Å². The van der Waals surface area contributed by atoms with E-state index in [2.05, 4.69) is 20.8 Å². The standard InChI is InChI=1S/C21H40O4/c1-4-7-10-11-12-13-14-15-19(21(23)25-17-9-6-3)18-20(22)24-16-8-5-2/h19H,4-18H2,1-3H3. The zero-order valence-corrected chi connectivity index (χ0v) is 16.8. The number of ether oxygens (including phenoxy) is 2. The summed E-state index contributed by atoms with van der Waals surface area (Å²) in [6.07, 6.45) is 13.0. The number of rotatable bonds is 17. The molecule has 0 rings (SSSR count). The first-order chi connectivity index (χ1) is 12.2. The van der Waals surface area contributed by atoms with Crippen LogP contribution in [0.4, 0.5) is 0 Å². The topological polar surface area (TPSA) is 52.6 Å². The van der Waals surface area contributed by atoms with E-state index >= 15 is 0 Å². The lowest BCUT2D eigenvalue weighted by atomic mass is 9.97. The molecule has 0 spiro atoms. The fourth-order valence-corrected chi connectivity index (χ4v) is 2.68. The molecule has 0 saturated carbocycles. The Morgan fingerprint density at radius 3 is 1.80 bits per heavy atom. The molecular formula is C21H40O4. The Morgan fingerprint density at radius 2 is 1.20 bits per heavy atom. The highest BCUT2D eigenvalue weighted by Crippen LogP contribution is 2.18. The predicted molar refractivity (Wildman–Crippen MR) is 102 cm³/mol. The van der Waals surface area contributed by atoms with Gasteiger partial charge in [0, 0.05) is 0 Å². The third kappa shape index (κ3) is 14.9. The molecule has 0 aromatic heterocycles. The van der Waals surface area contributed by atoms with E-state index in [9.17, 15) is 9.59 Å². The maximum atomic E-state index is 12.3. The molecule has 0 aliphatic heterocycles. The molecule has 4 heteroatoms. The minimum Gasteiger partial charge on any atom is -0.466 e. The SMILES string of the molecule is CCCCCCCCCC(CC(=O)OCCCC)C(=O)OCCCC. The molecule has 0 bridgehead atoms. The zero-order valence-electron chi connectivity index (χ0n) is 16.8. The minimum absolute atomic E-state index is 0.157. The van der Waals surface area contributed by atoms with Gasteiger partial charge in [0.25, 0.3) is 0 Å². The van der Waals surface area contributed by atoms with Gasteiger partial charge in [-0.3, -0.25) is 9.59 Å². The van der Waals surface area contributed by atoms with Crippen LogP contribution in [-0.4, -0.2) is 25.2 Å². The first-order valence-electron chi connectivity index (χ1n) is 10.5. The molecule has 0 aromatic carbocycles. The van der Waals surface area contributed by atoms with E-state index < -0.39 is 0 Å². The quantitative estimate of drug-likeness (QED) is 0.243. The fraction of sp³-hybridized carbons (Fsp3) is 0.905. The minimum atomic E-state index is -0.346. The molecule has 0 radical (unpaired) electrons. The van der Waals surface area contributed by atoms with Crippen LogP contribution < -0.4 is 0 Å². The van der Waals surface area contributed by atoms with Gasteiger partial charge in [-0.2, -0.15) is 0 Å². The molecule has 0 aliphatic carbocycles. The first kappa shape index (κ1) is 23.9. The van der Waals surface area contributed by atoms with Gasteiger partial charge in [-0.15, -0.1) is 0 Å². The molecule has 4 nitrogen and oxygen atoms in total. The predicted octanol–water partition coefficient (Wildman–Crippen LogP) is 5.82. The van der Waals surface area contributed by atoms with Gasteiger partial charge in [-0.05, 0) is 19.3 Å². The molecule has 1 atom stereocenters. The van der Waals surface area contributed by atoms with Crippen molar-refractivity contribution in [1.82, 2.24) is 0 Å². The van der Waals surface area contributed by atoms with Crippen LogP contribution in [0.2, 0.25) is 0 Å². The average Bonchev–Trinajstić information content (AvgIpc) is 2.60. The Hall–Kier alpha value is -1.06. The molecular weight excluding hydrogens is 316 g/mol. The maximum absolute atomic E-state index is 12.3. The van der Waals surface area contributed by atoms with Crippen LogP contribution in [0.3, 0.4) is 0 Å². The molecule has 0 saturated heterocycles. The van der Waals surface area contributed by atoms with Crippen LogP contribution >= 0.6 is 0 Å². The molecule has 0 amide bonds. The van der Waals surface area contributed by atoms with Crippen LogP contribution in [0, 0.1) is 5.92 Å². The second-order valence-electron chi connectivity index (χ2n) is 6.91. The molecule has 0 N–H and O–H groups in total. The van der Waals surface area contributed by atoms with E-state index in [-0.39, 0.29) is 24.3 Å². The lowest BCUT2D eigenvalue weighted by molar-refractivity contribution is -0.155. The van der Waals surface area contributed by atoms with Crippen molar-refractivity contribution in [3.63, 3.8) is 0 Å². The Morgan fingerprint density at radius 1 is 0.680 bits per heavy atom. The summed E-state index contributed by atoms with van der Waals surface area (Å²) in [5.41, 5.74) is 0. The van der Waals surface area contributed by atoms with Crippen LogP contribution in [0.1, 0.15) is 104 Å². The number of hydrogen-bond acceptors (Lipinski definition) is 4. The number of hydrogen-bond donors (Lipinski definition) is 0. The van der Waals surface area contributed by atoms with Crippen LogP contribution in [0.15, 0.2) is 0 Å². The van der Waals surface area contributed by atoms with Gasteiger partial charge < -0.3 is 9.47 Å². The van der Waals surface area contributed by atoms with Crippen molar-refractivity contribution >= 4 is 11.9 Å². The first-order valence-corrected chi connectivity index (χ1v) is 10.5. The molecule has 0 heterocycles. The van der Waals surface area contributed by atoms with Crippen molar-refractivity contribution in [3.8, 4) is 0 Å². The van der Waals surface area contributed by atoms with E-state index in [0.717, 1.165) is 44.9 Å². The molecule has 0 fully saturated rings. The second kappa shape index (κ2) is 17.8. The summed E-state index contributed by atoms with van der Waals surface area (Å²) in [5.74, 6) is -0.845. The maximum Gasteiger partial charge on any atom is 0.309 e. The highest BCUT2D eigenvalue weighted by molar-refractivity contribution is 5.79. The average molecular weight is 357 g/mol. The van der Waals surface area contributed by atoms with Crippen molar-refractivity contribution in [2.24, 2.45) is 5.92 Å². The van der Waals surface area contributed by atoms with Gasteiger partial charge >= 0.3 is 11.9 Å². The monoisotopic (exact) mass is 356 g/mol. The van der Waals surface area contributed by atoms with E-state index in [0.29, 0.717) is 13.2 Å². The van der Waals surface area contributed by atoms with Crippen molar-refractivity contribution in [2.75, 3.05) is 13.2 Å². The summed E-state index contributed by atoms with van der Waals surface area (Å²) < 4.78 is 10.5. The number of unbranched alkanes of at least 4 members (excludes halogenated alkanes) is 8. The Bertz CT molecular complexity index is 328. The van der Waals surface area contributed by atoms with Crippen LogP contribution in [0.25, 0.3) is 0 Å². The zero-order chi connectivity index (χ0) is 18.8. The van der Waals surface area contributed by atoms with Gasteiger partial charge in [-0.25, -0.2) is 0 Å². The van der Waals surface area contributed by atoms with Crippen molar-refractivity contribution in [2.45, 2.75) is 104 Å². The lowest BCUT2D eigenvalue weighted by Crippen LogP contribution is -2.23. The van der Waals surface area contributed by atoms with Gasteiger partial charge in [0.15, 0.2) is 0 Å². The number of esters is 2. The molecule has 0 aliphatic rings. The Labute approximate surface area is 155 Å². The van der Waals surface area contributed by atoms with Crippen LogP contribution in [0.5, 0.6) is 0 Å². The van der Waals surface area contributed by atoms with E-state index in [1.807, 2.05) is 0 Å². The molecule has 1 unspecified atom stereocenters.